The van der Waals surface area contributed by atoms with Crippen molar-refractivity contribution in [2.45, 2.75) is 19.9 Å². The van der Waals surface area contributed by atoms with Crippen LogP contribution in [-0.2, 0) is 11.3 Å². The number of benzene rings is 1. The summed E-state index contributed by atoms with van der Waals surface area (Å²) in [4.78, 5) is 14.7. The predicted molar refractivity (Wildman–Crippen MR) is 63.1 cm³/mol. The third kappa shape index (κ3) is 2.03. The fraction of sp³-hybridized carbons (Fsp3) is 0.231. The summed E-state index contributed by atoms with van der Waals surface area (Å²) in [6.45, 7) is 2.73. The van der Waals surface area contributed by atoms with Gasteiger partial charge in [0.15, 0.2) is 0 Å². The van der Waals surface area contributed by atoms with Gasteiger partial charge in [0.2, 0.25) is 0 Å². The van der Waals surface area contributed by atoms with Crippen LogP contribution in [-0.4, -0.2) is 15.8 Å². The number of aromatic nitrogens is 2. The quantitative estimate of drug-likeness (QED) is 0.733. The van der Waals surface area contributed by atoms with Gasteiger partial charge in [-0.15, -0.1) is 0 Å². The molecule has 3 heteroatoms. The molecular weight excluding hydrogens is 200 g/mol. The zero-order chi connectivity index (χ0) is 11.4. The Morgan fingerprint density at radius 2 is 2.06 bits per heavy atom. The third-order valence-electron chi connectivity index (χ3n) is 2.63. The second kappa shape index (κ2) is 4.75. The molecule has 0 unspecified atom stereocenters. The molecule has 0 amide bonds. The Hall–Kier alpha value is -1.90. The van der Waals surface area contributed by atoms with Crippen LogP contribution in [0.15, 0.2) is 36.7 Å². The van der Waals surface area contributed by atoms with Gasteiger partial charge in [0.25, 0.3) is 0 Å². The molecule has 82 valence electrons. The van der Waals surface area contributed by atoms with Gasteiger partial charge in [-0.3, -0.25) is 0 Å². The zero-order valence-electron chi connectivity index (χ0n) is 9.26. The maximum absolute atomic E-state index is 10.3. The van der Waals surface area contributed by atoms with Crippen LogP contribution < -0.4 is 0 Å². The van der Waals surface area contributed by atoms with Gasteiger partial charge >= 0.3 is 0 Å². The summed E-state index contributed by atoms with van der Waals surface area (Å²) in [5.74, 6) is 0. The highest BCUT2D eigenvalue weighted by molar-refractivity contribution is 5.61. The summed E-state index contributed by atoms with van der Waals surface area (Å²) >= 11 is 0. The van der Waals surface area contributed by atoms with Gasteiger partial charge < -0.3 is 9.36 Å². The summed E-state index contributed by atoms with van der Waals surface area (Å²) in [5.41, 5.74) is 3.21. The first-order chi connectivity index (χ1) is 7.83. The van der Waals surface area contributed by atoms with E-state index >= 15 is 0 Å². The van der Waals surface area contributed by atoms with E-state index in [1.54, 1.807) is 6.33 Å². The number of imidazole rings is 1. The minimum Gasteiger partial charge on any atom is -0.334 e. The molecule has 2 aromatic rings. The Kier molecular flexibility index (Phi) is 3.15. The van der Waals surface area contributed by atoms with Crippen molar-refractivity contribution in [3.8, 4) is 11.3 Å². The number of hydrogen-bond donors (Lipinski definition) is 0. The minimum absolute atomic E-state index is 0.533. The topological polar surface area (TPSA) is 34.9 Å². The predicted octanol–water partition coefficient (Wildman–Crippen LogP) is 2.45. The van der Waals surface area contributed by atoms with E-state index in [4.69, 9.17) is 0 Å². The van der Waals surface area contributed by atoms with E-state index in [-0.39, 0.29) is 0 Å². The van der Waals surface area contributed by atoms with E-state index in [1.807, 2.05) is 41.8 Å². The van der Waals surface area contributed by atoms with Gasteiger partial charge in [-0.1, -0.05) is 30.3 Å². The molecule has 0 aliphatic rings. The summed E-state index contributed by atoms with van der Waals surface area (Å²) < 4.78 is 2.01. The lowest BCUT2D eigenvalue weighted by Gasteiger charge is -2.03. The number of aldehydes is 1. The maximum Gasteiger partial charge on any atom is 0.121 e. The van der Waals surface area contributed by atoms with Crippen molar-refractivity contribution < 1.29 is 4.79 Å². The Balaban J connectivity index is 2.30. The van der Waals surface area contributed by atoms with Gasteiger partial charge in [-0.25, -0.2) is 4.98 Å². The first-order valence-corrected chi connectivity index (χ1v) is 5.33. The van der Waals surface area contributed by atoms with Crippen molar-refractivity contribution in [2.24, 2.45) is 0 Å². The highest BCUT2D eigenvalue weighted by Crippen LogP contribution is 2.20. The molecule has 2 rings (SSSR count). The van der Waals surface area contributed by atoms with Crippen molar-refractivity contribution in [1.29, 1.82) is 0 Å². The Morgan fingerprint density at radius 3 is 2.75 bits per heavy atom. The molecule has 0 aliphatic heterocycles. The van der Waals surface area contributed by atoms with E-state index in [0.29, 0.717) is 13.0 Å². The fourth-order valence-corrected chi connectivity index (χ4v) is 1.74. The van der Waals surface area contributed by atoms with Gasteiger partial charge in [0.05, 0.1) is 12.0 Å². The van der Waals surface area contributed by atoms with E-state index in [2.05, 4.69) is 4.98 Å². The molecule has 0 fully saturated rings. The molecular formula is C13H14N2O. The SMILES string of the molecule is Cc1c(-c2ccccc2)ncn1CCC=O. The summed E-state index contributed by atoms with van der Waals surface area (Å²) in [7, 11) is 0. The summed E-state index contributed by atoms with van der Waals surface area (Å²) in [6, 6.07) is 10.1. The van der Waals surface area contributed by atoms with Crippen LogP contribution in [0.2, 0.25) is 0 Å². The lowest BCUT2D eigenvalue weighted by Crippen LogP contribution is -1.99. The normalized spacial score (nSPS) is 10.3. The van der Waals surface area contributed by atoms with Gasteiger partial charge in [-0.05, 0) is 6.92 Å². The zero-order valence-corrected chi connectivity index (χ0v) is 9.26. The molecule has 0 N–H and O–H groups in total. The molecule has 0 atom stereocenters. The number of aryl methyl sites for hydroxylation is 1. The van der Waals surface area contributed by atoms with Crippen LogP contribution in [0.1, 0.15) is 12.1 Å². The molecule has 0 saturated carbocycles. The number of carbonyl (C=O) groups excluding carboxylic acids is 1. The molecule has 0 radical (unpaired) electrons. The van der Waals surface area contributed by atoms with E-state index in [0.717, 1.165) is 23.2 Å². The van der Waals surface area contributed by atoms with Gasteiger partial charge in [-0.2, -0.15) is 0 Å². The number of rotatable bonds is 4. The molecule has 1 heterocycles. The van der Waals surface area contributed by atoms with Crippen LogP contribution in [0, 0.1) is 6.92 Å². The maximum atomic E-state index is 10.3. The molecule has 1 aromatic heterocycles. The van der Waals surface area contributed by atoms with Gasteiger partial charge in [0.1, 0.15) is 6.29 Å². The minimum atomic E-state index is 0.533. The third-order valence-corrected chi connectivity index (χ3v) is 2.63. The van der Waals surface area contributed by atoms with Crippen LogP contribution in [0.5, 0.6) is 0 Å². The van der Waals surface area contributed by atoms with E-state index < -0.39 is 0 Å². The van der Waals surface area contributed by atoms with Crippen molar-refractivity contribution >= 4 is 6.29 Å². The monoisotopic (exact) mass is 214 g/mol. The molecule has 16 heavy (non-hydrogen) atoms. The smallest absolute Gasteiger partial charge is 0.121 e. The molecule has 0 aliphatic carbocycles. The lowest BCUT2D eigenvalue weighted by atomic mass is 10.1. The van der Waals surface area contributed by atoms with Crippen molar-refractivity contribution in [3.63, 3.8) is 0 Å². The van der Waals surface area contributed by atoms with Gasteiger partial charge in [0, 0.05) is 24.2 Å². The van der Waals surface area contributed by atoms with Crippen molar-refractivity contribution in [1.82, 2.24) is 9.55 Å². The lowest BCUT2D eigenvalue weighted by molar-refractivity contribution is -0.108. The fourth-order valence-electron chi connectivity index (χ4n) is 1.74. The van der Waals surface area contributed by atoms with Crippen LogP contribution in [0.3, 0.4) is 0 Å². The molecule has 0 spiro atoms. The Labute approximate surface area is 94.7 Å². The van der Waals surface area contributed by atoms with E-state index in [9.17, 15) is 4.79 Å². The average Bonchev–Trinajstić information content (AvgIpc) is 2.69. The molecule has 1 aromatic carbocycles. The van der Waals surface area contributed by atoms with E-state index in [1.165, 1.54) is 0 Å². The molecule has 3 nitrogen and oxygen atoms in total. The highest BCUT2D eigenvalue weighted by Gasteiger charge is 2.07. The largest absolute Gasteiger partial charge is 0.334 e. The highest BCUT2D eigenvalue weighted by atomic mass is 16.1. The first-order valence-electron chi connectivity index (χ1n) is 5.33. The standard InChI is InChI=1S/C13H14N2O/c1-11-13(12-6-3-2-4-7-12)14-10-15(11)8-5-9-16/h2-4,6-7,9-10H,5,8H2,1H3. The Morgan fingerprint density at radius 1 is 1.31 bits per heavy atom. The molecule has 0 saturated heterocycles. The van der Waals surface area contributed by atoms with Crippen LogP contribution in [0.25, 0.3) is 11.3 Å². The average molecular weight is 214 g/mol. The number of nitrogens with zero attached hydrogens (tertiary/aromatic N) is 2. The number of hydrogen-bond acceptors (Lipinski definition) is 2. The second-order valence-electron chi connectivity index (χ2n) is 3.69. The second-order valence-corrected chi connectivity index (χ2v) is 3.69. The molecule has 0 bridgehead atoms. The van der Waals surface area contributed by atoms with Crippen molar-refractivity contribution in [3.05, 3.63) is 42.4 Å². The first kappa shape index (κ1) is 10.6. The van der Waals surface area contributed by atoms with Crippen LogP contribution >= 0.6 is 0 Å². The van der Waals surface area contributed by atoms with Crippen LogP contribution in [0.4, 0.5) is 0 Å². The summed E-state index contributed by atoms with van der Waals surface area (Å²) in [5, 5.41) is 0. The van der Waals surface area contributed by atoms with Crippen molar-refractivity contribution in [2.75, 3.05) is 0 Å². The summed E-state index contributed by atoms with van der Waals surface area (Å²) in [6.07, 6.45) is 3.26. The number of carbonyl (C=O) groups is 1. The Bertz CT molecular complexity index is 474.